The Labute approximate surface area is 165 Å². The van der Waals surface area contributed by atoms with Crippen LogP contribution in [0.2, 0.25) is 0 Å². The number of aliphatic imine (C=N–C) groups is 1. The Hall–Kier alpha value is -3.02. The van der Waals surface area contributed by atoms with Crippen LogP contribution in [0.1, 0.15) is 26.5 Å². The Bertz CT molecular complexity index is 824. The van der Waals surface area contributed by atoms with Gasteiger partial charge in [-0.25, -0.2) is 14.8 Å². The van der Waals surface area contributed by atoms with E-state index >= 15 is 0 Å². The first-order valence-electron chi connectivity index (χ1n) is 9.21. The van der Waals surface area contributed by atoms with Crippen LogP contribution in [-0.2, 0) is 4.74 Å². The summed E-state index contributed by atoms with van der Waals surface area (Å²) in [5, 5.41) is 9.48. The summed E-state index contributed by atoms with van der Waals surface area (Å²) in [6.07, 6.45) is 1.30. The monoisotopic (exact) mass is 386 g/mol. The predicted octanol–water partition coefficient (Wildman–Crippen LogP) is 1.99. The number of hydrogen-bond donors (Lipinski definition) is 0. The van der Waals surface area contributed by atoms with Crippen molar-refractivity contribution in [1.29, 1.82) is 5.26 Å². The van der Waals surface area contributed by atoms with Crippen LogP contribution < -0.4 is 9.64 Å². The highest BCUT2D eigenvalue weighted by Crippen LogP contribution is 2.37. The van der Waals surface area contributed by atoms with Gasteiger partial charge in [-0.1, -0.05) is 0 Å². The highest BCUT2D eigenvalue weighted by Gasteiger charge is 2.37. The Balaban J connectivity index is 1.80. The molecule has 1 amide bonds. The van der Waals surface area contributed by atoms with Gasteiger partial charge in [0.2, 0.25) is 0 Å². The summed E-state index contributed by atoms with van der Waals surface area (Å²) in [6.45, 7) is 7.59. The van der Waals surface area contributed by atoms with Gasteiger partial charge >= 0.3 is 6.09 Å². The fraction of sp³-hybridized carbons (Fsp3) is 0.579. The lowest BCUT2D eigenvalue weighted by atomic mass is 10.1. The Morgan fingerprint density at radius 2 is 2.21 bits per heavy atom. The van der Waals surface area contributed by atoms with Gasteiger partial charge in [0.05, 0.1) is 12.4 Å². The van der Waals surface area contributed by atoms with Crippen LogP contribution in [-0.4, -0.2) is 79.2 Å². The first-order chi connectivity index (χ1) is 13.2. The zero-order valence-corrected chi connectivity index (χ0v) is 17.0. The van der Waals surface area contributed by atoms with Gasteiger partial charge in [0.1, 0.15) is 24.0 Å². The number of aromatic nitrogens is 1. The number of nitriles is 1. The Morgan fingerprint density at radius 1 is 1.46 bits per heavy atom. The van der Waals surface area contributed by atoms with Crippen molar-refractivity contribution in [3.8, 4) is 11.8 Å². The summed E-state index contributed by atoms with van der Waals surface area (Å²) >= 11 is 0. The van der Waals surface area contributed by atoms with Gasteiger partial charge in [0.15, 0.2) is 17.3 Å². The van der Waals surface area contributed by atoms with Crippen LogP contribution in [0.5, 0.6) is 5.75 Å². The summed E-state index contributed by atoms with van der Waals surface area (Å²) in [7, 11) is 3.71. The predicted molar refractivity (Wildman–Crippen MR) is 105 cm³/mol. The van der Waals surface area contributed by atoms with E-state index in [2.05, 4.69) is 20.9 Å². The molecule has 2 aliphatic rings. The minimum Gasteiger partial charge on any atom is -0.487 e. The van der Waals surface area contributed by atoms with E-state index in [0.717, 1.165) is 0 Å². The van der Waals surface area contributed by atoms with Crippen molar-refractivity contribution in [3.05, 3.63) is 11.8 Å². The number of fused-ring (bicyclic) bond motifs is 3. The second-order valence-electron chi connectivity index (χ2n) is 8.08. The molecular weight excluding hydrogens is 360 g/mol. The van der Waals surface area contributed by atoms with Crippen LogP contribution in [0.4, 0.5) is 16.3 Å². The van der Waals surface area contributed by atoms with E-state index < -0.39 is 5.60 Å². The number of pyridine rings is 1. The molecule has 9 nitrogen and oxygen atoms in total. The molecule has 3 rings (SSSR count). The number of carbonyl (C=O) groups is 1. The molecule has 28 heavy (non-hydrogen) atoms. The lowest BCUT2D eigenvalue weighted by molar-refractivity contribution is 0.0194. The van der Waals surface area contributed by atoms with E-state index in [1.165, 1.54) is 0 Å². The van der Waals surface area contributed by atoms with Crippen LogP contribution in [0, 0.1) is 11.3 Å². The van der Waals surface area contributed by atoms with Crippen molar-refractivity contribution in [2.24, 2.45) is 4.99 Å². The zero-order chi connectivity index (χ0) is 20.5. The highest BCUT2D eigenvalue weighted by atomic mass is 16.6. The molecule has 9 heteroatoms. The maximum atomic E-state index is 12.4. The van der Waals surface area contributed by atoms with Crippen molar-refractivity contribution in [2.45, 2.75) is 32.4 Å². The van der Waals surface area contributed by atoms with Gasteiger partial charge in [-0.3, -0.25) is 0 Å². The van der Waals surface area contributed by atoms with Crippen LogP contribution in [0.3, 0.4) is 0 Å². The minimum atomic E-state index is -0.531. The topological polar surface area (TPSA) is 94.3 Å². The van der Waals surface area contributed by atoms with Crippen molar-refractivity contribution in [1.82, 2.24) is 14.8 Å². The third-order valence-electron chi connectivity index (χ3n) is 4.32. The van der Waals surface area contributed by atoms with Crippen molar-refractivity contribution in [2.75, 3.05) is 45.2 Å². The normalized spacial score (nSPS) is 18.8. The molecule has 0 bridgehead atoms. The third kappa shape index (κ3) is 4.27. The van der Waals surface area contributed by atoms with Gasteiger partial charge in [0, 0.05) is 39.8 Å². The molecule has 1 atom stereocenters. The molecule has 0 N–H and O–H groups in total. The summed E-state index contributed by atoms with van der Waals surface area (Å²) in [4.78, 5) is 26.8. The van der Waals surface area contributed by atoms with E-state index in [0.29, 0.717) is 43.5 Å². The van der Waals surface area contributed by atoms with E-state index in [9.17, 15) is 10.1 Å². The van der Waals surface area contributed by atoms with Crippen LogP contribution in [0.15, 0.2) is 11.1 Å². The number of ether oxygens (including phenoxy) is 2. The summed E-state index contributed by atoms with van der Waals surface area (Å²) in [5.74, 6) is 1.23. The fourth-order valence-electron chi connectivity index (χ4n) is 3.10. The highest BCUT2D eigenvalue weighted by molar-refractivity contribution is 5.71. The number of hydrogen-bond acceptors (Lipinski definition) is 7. The molecule has 0 spiro atoms. The number of rotatable bonds is 2. The SMILES string of the molecule is CN(C)C=Nc1cc2c(nc1C#N)N1CCN(C(=O)OC(C)(C)C)C[C@H]1CO2. The molecule has 0 aliphatic carbocycles. The standard InChI is InChI=1S/C19H26N6O3/c1-19(2,3)28-18(26)24-6-7-25-13(10-24)11-27-16-8-14(21-12-23(4)5)15(9-20)22-17(16)25/h8,12-13H,6-7,10-11H2,1-5H3/t13-/m0/s1. The Kier molecular flexibility index (Phi) is 5.31. The van der Waals surface area contributed by atoms with Gasteiger partial charge in [-0.2, -0.15) is 5.26 Å². The number of nitrogens with zero attached hydrogens (tertiary/aromatic N) is 6. The van der Waals surface area contributed by atoms with Crippen molar-refractivity contribution >= 4 is 23.9 Å². The zero-order valence-electron chi connectivity index (χ0n) is 17.0. The summed E-state index contributed by atoms with van der Waals surface area (Å²) in [6, 6.07) is 3.82. The molecule has 0 unspecified atom stereocenters. The molecule has 1 aromatic rings. The average Bonchev–Trinajstić information content (AvgIpc) is 2.63. The lowest BCUT2D eigenvalue weighted by Crippen LogP contribution is -2.59. The second kappa shape index (κ2) is 7.54. The molecule has 0 saturated carbocycles. The molecule has 1 fully saturated rings. The van der Waals surface area contributed by atoms with Gasteiger partial charge < -0.3 is 24.2 Å². The number of amides is 1. The first-order valence-corrected chi connectivity index (χ1v) is 9.21. The maximum Gasteiger partial charge on any atom is 0.410 e. The van der Waals surface area contributed by atoms with Crippen LogP contribution >= 0.6 is 0 Å². The van der Waals surface area contributed by atoms with E-state index in [1.54, 1.807) is 22.2 Å². The molecule has 0 radical (unpaired) electrons. The largest absolute Gasteiger partial charge is 0.487 e. The van der Waals surface area contributed by atoms with E-state index in [1.807, 2.05) is 34.9 Å². The maximum absolute atomic E-state index is 12.4. The molecular formula is C19H26N6O3. The molecule has 2 aliphatic heterocycles. The molecule has 3 heterocycles. The summed E-state index contributed by atoms with van der Waals surface area (Å²) < 4.78 is 11.4. The molecule has 150 valence electrons. The van der Waals surface area contributed by atoms with E-state index in [4.69, 9.17) is 9.47 Å². The Morgan fingerprint density at radius 3 is 2.86 bits per heavy atom. The number of carbonyl (C=O) groups excluding carboxylic acids is 1. The lowest BCUT2D eigenvalue weighted by Gasteiger charge is -2.44. The van der Waals surface area contributed by atoms with Crippen molar-refractivity contribution < 1.29 is 14.3 Å². The quantitative estimate of drug-likeness (QED) is 0.567. The van der Waals surface area contributed by atoms with Gasteiger partial charge in [0.25, 0.3) is 0 Å². The second-order valence-corrected chi connectivity index (χ2v) is 8.08. The minimum absolute atomic E-state index is 0.0380. The van der Waals surface area contributed by atoms with Crippen LogP contribution in [0.25, 0.3) is 0 Å². The molecule has 0 aromatic carbocycles. The van der Waals surface area contributed by atoms with E-state index in [-0.39, 0.29) is 17.8 Å². The first kappa shape index (κ1) is 19.7. The summed E-state index contributed by atoms with van der Waals surface area (Å²) in [5.41, 5.74) is 0.188. The third-order valence-corrected chi connectivity index (χ3v) is 4.32. The smallest absolute Gasteiger partial charge is 0.410 e. The fourth-order valence-corrected chi connectivity index (χ4v) is 3.10. The van der Waals surface area contributed by atoms with Gasteiger partial charge in [-0.05, 0) is 20.8 Å². The number of piperazine rings is 1. The van der Waals surface area contributed by atoms with Gasteiger partial charge in [-0.15, -0.1) is 0 Å². The average molecular weight is 386 g/mol. The number of anilines is 1. The molecule has 1 aromatic heterocycles. The molecule has 1 saturated heterocycles. The van der Waals surface area contributed by atoms with Crippen molar-refractivity contribution in [3.63, 3.8) is 0 Å².